The van der Waals surface area contributed by atoms with Crippen LogP contribution >= 0.6 is 23.2 Å². The SMILES string of the molecule is O=C(Nc1ccc(Cl)c(F)c1)OC(CN1CCOC(c2cccc(Cl)c2)C1)C(F)(F)F. The quantitative estimate of drug-likeness (QED) is 0.558. The minimum atomic E-state index is -4.80. The molecule has 1 amide bonds. The van der Waals surface area contributed by atoms with Crippen molar-refractivity contribution in [1.29, 1.82) is 0 Å². The van der Waals surface area contributed by atoms with E-state index in [0.717, 1.165) is 17.7 Å². The zero-order valence-corrected chi connectivity index (χ0v) is 17.5. The van der Waals surface area contributed by atoms with Crippen LogP contribution in [0.5, 0.6) is 0 Å². The highest BCUT2D eigenvalue weighted by Gasteiger charge is 2.44. The number of hydrogen-bond acceptors (Lipinski definition) is 4. The Balaban J connectivity index is 1.64. The average molecular weight is 481 g/mol. The molecule has 2 aromatic carbocycles. The fraction of sp³-hybridized carbons (Fsp3) is 0.350. The zero-order chi connectivity index (χ0) is 22.6. The second-order valence-corrected chi connectivity index (χ2v) is 7.71. The summed E-state index contributed by atoms with van der Waals surface area (Å²) in [4.78, 5) is 13.5. The second kappa shape index (κ2) is 10.0. The van der Waals surface area contributed by atoms with Crippen LogP contribution in [0.1, 0.15) is 11.7 Å². The Morgan fingerprint density at radius 1 is 1.26 bits per heavy atom. The predicted octanol–water partition coefficient (Wildman–Crippen LogP) is 5.69. The van der Waals surface area contributed by atoms with Gasteiger partial charge in [-0.05, 0) is 35.9 Å². The van der Waals surface area contributed by atoms with Gasteiger partial charge in [-0.25, -0.2) is 9.18 Å². The molecule has 1 aliphatic rings. The highest BCUT2D eigenvalue weighted by atomic mass is 35.5. The van der Waals surface area contributed by atoms with Gasteiger partial charge < -0.3 is 9.47 Å². The Morgan fingerprint density at radius 2 is 2.03 bits per heavy atom. The van der Waals surface area contributed by atoms with Gasteiger partial charge in [0.25, 0.3) is 0 Å². The summed E-state index contributed by atoms with van der Waals surface area (Å²) in [5.74, 6) is -0.827. The molecule has 2 aromatic rings. The Kier molecular flexibility index (Phi) is 7.64. The van der Waals surface area contributed by atoms with Crippen LogP contribution in [-0.2, 0) is 9.47 Å². The van der Waals surface area contributed by atoms with Gasteiger partial charge in [0.15, 0.2) is 0 Å². The molecule has 1 saturated heterocycles. The first-order valence-electron chi connectivity index (χ1n) is 9.20. The molecule has 168 valence electrons. The Bertz CT molecular complexity index is 930. The lowest BCUT2D eigenvalue weighted by atomic mass is 10.1. The summed E-state index contributed by atoms with van der Waals surface area (Å²) < 4.78 is 64.2. The summed E-state index contributed by atoms with van der Waals surface area (Å²) in [6.07, 6.45) is -9.01. The third kappa shape index (κ3) is 6.70. The molecule has 0 aromatic heterocycles. The number of nitrogens with zero attached hydrogens (tertiary/aromatic N) is 1. The van der Waals surface area contributed by atoms with Crippen molar-refractivity contribution in [3.63, 3.8) is 0 Å². The molecule has 1 heterocycles. The molecule has 0 radical (unpaired) electrons. The number of carbonyl (C=O) groups is 1. The number of amides is 1. The first-order valence-corrected chi connectivity index (χ1v) is 9.96. The number of nitrogens with one attached hydrogen (secondary N) is 1. The van der Waals surface area contributed by atoms with E-state index >= 15 is 0 Å². The number of ether oxygens (including phenoxy) is 2. The molecule has 3 rings (SSSR count). The third-order valence-electron chi connectivity index (χ3n) is 4.58. The highest BCUT2D eigenvalue weighted by Crippen LogP contribution is 2.28. The Labute approximate surface area is 185 Å². The van der Waals surface area contributed by atoms with Crippen LogP contribution in [0.15, 0.2) is 42.5 Å². The first-order chi connectivity index (χ1) is 14.6. The van der Waals surface area contributed by atoms with E-state index in [1.165, 1.54) is 11.0 Å². The van der Waals surface area contributed by atoms with E-state index in [9.17, 15) is 22.4 Å². The molecule has 31 heavy (non-hydrogen) atoms. The number of hydrogen-bond donors (Lipinski definition) is 1. The number of anilines is 1. The van der Waals surface area contributed by atoms with Crippen molar-refractivity contribution in [2.24, 2.45) is 0 Å². The highest BCUT2D eigenvalue weighted by molar-refractivity contribution is 6.31. The van der Waals surface area contributed by atoms with Gasteiger partial charge in [0, 0.05) is 30.3 Å². The zero-order valence-electron chi connectivity index (χ0n) is 16.0. The van der Waals surface area contributed by atoms with Crippen LogP contribution in [0, 0.1) is 5.82 Å². The molecule has 0 aliphatic carbocycles. The summed E-state index contributed by atoms with van der Waals surface area (Å²) in [5, 5.41) is 2.38. The molecule has 11 heteroatoms. The maximum atomic E-state index is 13.5. The van der Waals surface area contributed by atoms with E-state index in [1.54, 1.807) is 24.3 Å². The van der Waals surface area contributed by atoms with Crippen LogP contribution in [0.2, 0.25) is 10.0 Å². The minimum absolute atomic E-state index is 0.0831. The Morgan fingerprint density at radius 3 is 2.71 bits per heavy atom. The van der Waals surface area contributed by atoms with Crippen molar-refractivity contribution >= 4 is 35.0 Å². The number of alkyl halides is 3. The largest absolute Gasteiger partial charge is 0.435 e. The molecule has 0 saturated carbocycles. The fourth-order valence-corrected chi connectivity index (χ4v) is 3.39. The van der Waals surface area contributed by atoms with Gasteiger partial charge in [0.05, 0.1) is 17.7 Å². The van der Waals surface area contributed by atoms with E-state index in [0.29, 0.717) is 5.02 Å². The molecular formula is C20H18Cl2F4N2O3. The number of halogens is 6. The second-order valence-electron chi connectivity index (χ2n) is 6.86. The molecule has 0 spiro atoms. The van der Waals surface area contributed by atoms with Crippen molar-refractivity contribution < 1.29 is 31.8 Å². The van der Waals surface area contributed by atoms with E-state index in [4.69, 9.17) is 27.9 Å². The van der Waals surface area contributed by atoms with Crippen molar-refractivity contribution in [1.82, 2.24) is 4.90 Å². The standard InChI is InChI=1S/C20H18Cl2F4N2O3/c21-13-3-1-2-12(8-13)17-10-28(6-7-30-17)11-18(20(24,25)26)31-19(29)27-14-4-5-15(22)16(23)9-14/h1-5,8-9,17-18H,6-7,10-11H2,(H,27,29). The van der Waals surface area contributed by atoms with E-state index in [1.807, 2.05) is 0 Å². The lowest BCUT2D eigenvalue weighted by molar-refractivity contribution is -0.209. The summed E-state index contributed by atoms with van der Waals surface area (Å²) in [6.45, 7) is 0.0294. The maximum absolute atomic E-state index is 13.5. The van der Waals surface area contributed by atoms with E-state index < -0.39 is 36.8 Å². The maximum Gasteiger partial charge on any atom is 0.426 e. The fourth-order valence-electron chi connectivity index (χ4n) is 3.07. The van der Waals surface area contributed by atoms with Gasteiger partial charge in [0.1, 0.15) is 5.82 Å². The molecule has 1 N–H and O–H groups in total. The molecule has 0 bridgehead atoms. The average Bonchev–Trinajstić information content (AvgIpc) is 2.70. The lowest BCUT2D eigenvalue weighted by Crippen LogP contribution is -2.48. The lowest BCUT2D eigenvalue weighted by Gasteiger charge is -2.35. The monoisotopic (exact) mass is 480 g/mol. The van der Waals surface area contributed by atoms with Gasteiger partial charge in [-0.3, -0.25) is 10.2 Å². The van der Waals surface area contributed by atoms with Gasteiger partial charge in [-0.15, -0.1) is 0 Å². The van der Waals surface area contributed by atoms with Crippen LogP contribution < -0.4 is 5.32 Å². The van der Waals surface area contributed by atoms with Crippen molar-refractivity contribution in [3.05, 3.63) is 63.9 Å². The number of carbonyl (C=O) groups excluding carboxylic acids is 1. The topological polar surface area (TPSA) is 50.8 Å². The van der Waals surface area contributed by atoms with Crippen molar-refractivity contribution in [2.45, 2.75) is 18.4 Å². The van der Waals surface area contributed by atoms with Gasteiger partial charge in [0.2, 0.25) is 6.10 Å². The van der Waals surface area contributed by atoms with E-state index in [-0.39, 0.29) is 30.4 Å². The molecule has 2 atom stereocenters. The molecular weight excluding hydrogens is 463 g/mol. The molecule has 2 unspecified atom stereocenters. The van der Waals surface area contributed by atoms with Gasteiger partial charge >= 0.3 is 12.3 Å². The van der Waals surface area contributed by atoms with E-state index in [2.05, 4.69) is 10.1 Å². The van der Waals surface area contributed by atoms with Gasteiger partial charge in [-0.2, -0.15) is 13.2 Å². The predicted molar refractivity (Wildman–Crippen MR) is 108 cm³/mol. The van der Waals surface area contributed by atoms with Crippen LogP contribution in [0.25, 0.3) is 0 Å². The van der Waals surface area contributed by atoms with Crippen LogP contribution in [0.3, 0.4) is 0 Å². The first kappa shape index (κ1) is 23.6. The van der Waals surface area contributed by atoms with Crippen molar-refractivity contribution in [3.8, 4) is 0 Å². The summed E-state index contributed by atoms with van der Waals surface area (Å²) in [5.41, 5.74) is 0.657. The number of benzene rings is 2. The van der Waals surface area contributed by atoms with Crippen LogP contribution in [0.4, 0.5) is 28.0 Å². The van der Waals surface area contributed by atoms with Crippen LogP contribution in [-0.4, -0.2) is 49.5 Å². The number of morpholine rings is 1. The number of rotatable bonds is 5. The summed E-state index contributed by atoms with van der Waals surface area (Å²) in [7, 11) is 0. The molecule has 1 fully saturated rings. The third-order valence-corrected chi connectivity index (χ3v) is 5.12. The normalized spacial score (nSPS) is 18.5. The Hall–Kier alpha value is -2.07. The summed E-state index contributed by atoms with van der Waals surface area (Å²) >= 11 is 11.5. The molecule has 5 nitrogen and oxygen atoms in total. The van der Waals surface area contributed by atoms with Gasteiger partial charge in [-0.1, -0.05) is 35.3 Å². The van der Waals surface area contributed by atoms with Crippen molar-refractivity contribution in [2.75, 3.05) is 31.6 Å². The summed E-state index contributed by atoms with van der Waals surface area (Å²) in [6, 6.07) is 10.2. The minimum Gasteiger partial charge on any atom is -0.435 e. The smallest absolute Gasteiger partial charge is 0.426 e. The molecule has 1 aliphatic heterocycles.